The van der Waals surface area contributed by atoms with Gasteiger partial charge in [-0.2, -0.15) is 23.5 Å². The molecule has 2 heteroatoms. The molecule has 2 aromatic rings. The van der Waals surface area contributed by atoms with Crippen LogP contribution in [0.3, 0.4) is 0 Å². The quantitative estimate of drug-likeness (QED) is 0.738. The lowest BCUT2D eigenvalue weighted by molar-refractivity contribution is 0.881. The molecule has 104 valence electrons. The summed E-state index contributed by atoms with van der Waals surface area (Å²) in [6.07, 6.45) is 6.69. The van der Waals surface area contributed by atoms with Gasteiger partial charge in [0, 0.05) is 10.5 Å². The largest absolute Gasteiger partial charge is 0.157 e. The third-order valence-electron chi connectivity index (χ3n) is 4.06. The van der Waals surface area contributed by atoms with Crippen molar-refractivity contribution in [2.45, 2.75) is 23.3 Å². The summed E-state index contributed by atoms with van der Waals surface area (Å²) in [5.41, 5.74) is 5.88. The van der Waals surface area contributed by atoms with E-state index in [0.717, 1.165) is 12.8 Å². The molecule has 0 unspecified atom stereocenters. The molecule has 0 saturated heterocycles. The monoisotopic (exact) mass is 300 g/mol. The predicted octanol–water partition coefficient (Wildman–Crippen LogP) is 5.29. The molecule has 2 atom stereocenters. The molecule has 0 saturated carbocycles. The number of rotatable bonds is 2. The number of hydrogen-bond donors (Lipinski definition) is 0. The van der Waals surface area contributed by atoms with Crippen LogP contribution in [-0.4, -0.2) is 12.5 Å². The van der Waals surface area contributed by atoms with Crippen molar-refractivity contribution in [2.75, 3.05) is 12.5 Å². The van der Waals surface area contributed by atoms with Gasteiger partial charge in [0.15, 0.2) is 0 Å². The van der Waals surface area contributed by atoms with Crippen LogP contribution in [-0.2, 0) is 12.8 Å². The van der Waals surface area contributed by atoms with Crippen molar-refractivity contribution in [1.29, 1.82) is 0 Å². The van der Waals surface area contributed by atoms with Gasteiger partial charge in [-0.1, -0.05) is 48.5 Å². The molecule has 0 spiro atoms. The highest BCUT2D eigenvalue weighted by Gasteiger charge is 2.17. The van der Waals surface area contributed by atoms with Gasteiger partial charge in [-0.25, -0.2) is 0 Å². The lowest BCUT2D eigenvalue weighted by Crippen LogP contribution is -2.05. The van der Waals surface area contributed by atoms with E-state index in [4.69, 9.17) is 0 Å². The normalized spacial score (nSPS) is 21.5. The Balaban J connectivity index is 2.08. The van der Waals surface area contributed by atoms with Crippen molar-refractivity contribution >= 4 is 23.5 Å². The molecule has 4 bridgehead atoms. The molecule has 0 nitrogen and oxygen atoms in total. The molecule has 2 aromatic carbocycles. The van der Waals surface area contributed by atoms with E-state index in [-0.39, 0.29) is 0 Å². The van der Waals surface area contributed by atoms with Crippen molar-refractivity contribution in [3.05, 3.63) is 70.8 Å². The molecular weight excluding hydrogens is 280 g/mol. The van der Waals surface area contributed by atoms with E-state index in [0.29, 0.717) is 10.5 Å². The van der Waals surface area contributed by atoms with Crippen LogP contribution < -0.4 is 0 Å². The van der Waals surface area contributed by atoms with Crippen molar-refractivity contribution in [2.24, 2.45) is 0 Å². The summed E-state index contributed by atoms with van der Waals surface area (Å²) in [5, 5.41) is 1.13. The fourth-order valence-corrected chi connectivity index (χ4v) is 4.50. The average molecular weight is 300 g/mol. The van der Waals surface area contributed by atoms with E-state index in [1.165, 1.54) is 22.3 Å². The van der Waals surface area contributed by atoms with Crippen molar-refractivity contribution in [3.63, 3.8) is 0 Å². The minimum atomic E-state index is 0.566. The molecule has 0 amide bonds. The van der Waals surface area contributed by atoms with Crippen LogP contribution in [0.1, 0.15) is 32.8 Å². The Labute approximate surface area is 130 Å². The van der Waals surface area contributed by atoms with Crippen LogP contribution in [0.25, 0.3) is 0 Å². The zero-order valence-corrected chi connectivity index (χ0v) is 13.6. The number of fused-ring (bicyclic) bond motifs is 4. The molecule has 1 aliphatic rings. The fourth-order valence-electron chi connectivity index (χ4n) is 2.94. The second kappa shape index (κ2) is 6.28. The summed E-state index contributed by atoms with van der Waals surface area (Å²) in [4.78, 5) is 0. The van der Waals surface area contributed by atoms with Crippen LogP contribution in [0.15, 0.2) is 48.5 Å². The van der Waals surface area contributed by atoms with Crippen LogP contribution in [0.2, 0.25) is 0 Å². The van der Waals surface area contributed by atoms with Gasteiger partial charge in [-0.15, -0.1) is 0 Å². The Morgan fingerprint density at radius 2 is 1.20 bits per heavy atom. The maximum Gasteiger partial charge on any atom is 0.0334 e. The van der Waals surface area contributed by atoms with E-state index in [1.807, 2.05) is 23.5 Å². The lowest BCUT2D eigenvalue weighted by Gasteiger charge is -2.22. The summed E-state index contributed by atoms with van der Waals surface area (Å²) in [7, 11) is 0. The third kappa shape index (κ3) is 2.91. The summed E-state index contributed by atoms with van der Waals surface area (Å²) in [5.74, 6) is 0. The van der Waals surface area contributed by atoms with Gasteiger partial charge in [-0.3, -0.25) is 0 Å². The molecular formula is C18H20S2. The van der Waals surface area contributed by atoms with Gasteiger partial charge in [-0.05, 0) is 47.6 Å². The van der Waals surface area contributed by atoms with Crippen LogP contribution in [0.5, 0.6) is 0 Å². The summed E-state index contributed by atoms with van der Waals surface area (Å²) in [6.45, 7) is 0. The highest BCUT2D eigenvalue weighted by atomic mass is 32.2. The van der Waals surface area contributed by atoms with E-state index in [2.05, 4.69) is 61.0 Å². The van der Waals surface area contributed by atoms with Gasteiger partial charge in [0.2, 0.25) is 0 Å². The minimum Gasteiger partial charge on any atom is -0.157 e. The number of hydrogen-bond acceptors (Lipinski definition) is 2. The van der Waals surface area contributed by atoms with Gasteiger partial charge >= 0.3 is 0 Å². The van der Waals surface area contributed by atoms with Crippen LogP contribution in [0.4, 0.5) is 0 Å². The second-order valence-corrected chi connectivity index (χ2v) is 7.43. The molecule has 1 aliphatic carbocycles. The zero-order valence-electron chi connectivity index (χ0n) is 12.0. The zero-order chi connectivity index (χ0) is 13.9. The summed E-state index contributed by atoms with van der Waals surface area (Å²) >= 11 is 3.92. The molecule has 0 N–H and O–H groups in total. The van der Waals surface area contributed by atoms with Crippen molar-refractivity contribution < 1.29 is 0 Å². The standard InChI is InChI=1S/C18H20S2/c1-19-17-11-13-5-4-8-16(10-13)18(20-2)12-14-6-3-7-15(17)9-14/h3-10,17-18H,11-12H2,1-2H3/t17-,18-/m0/s1. The van der Waals surface area contributed by atoms with E-state index in [9.17, 15) is 0 Å². The molecule has 0 aromatic heterocycles. The van der Waals surface area contributed by atoms with Crippen molar-refractivity contribution in [1.82, 2.24) is 0 Å². The van der Waals surface area contributed by atoms with Gasteiger partial charge in [0.1, 0.15) is 0 Å². The van der Waals surface area contributed by atoms with Gasteiger partial charge < -0.3 is 0 Å². The minimum absolute atomic E-state index is 0.566. The highest BCUT2D eigenvalue weighted by molar-refractivity contribution is 7.99. The summed E-state index contributed by atoms with van der Waals surface area (Å²) < 4.78 is 0. The second-order valence-electron chi connectivity index (χ2n) is 5.35. The Morgan fingerprint density at radius 3 is 1.60 bits per heavy atom. The SMILES string of the molecule is CS[C@H]1Cc2cccc(c2)[C@@H](SC)Cc2cccc1c2. The molecule has 0 radical (unpaired) electrons. The first-order valence-corrected chi connectivity index (χ1v) is 9.61. The van der Waals surface area contributed by atoms with Crippen LogP contribution >= 0.6 is 23.5 Å². The molecule has 20 heavy (non-hydrogen) atoms. The third-order valence-corrected chi connectivity index (χ3v) is 6.07. The maximum absolute atomic E-state index is 2.41. The number of thioether (sulfide) groups is 2. The Hall–Kier alpha value is -0.860. The molecule has 0 aliphatic heterocycles. The Bertz CT molecular complexity index is 538. The Kier molecular flexibility index (Phi) is 4.42. The van der Waals surface area contributed by atoms with E-state index in [1.54, 1.807) is 0 Å². The topological polar surface area (TPSA) is 0 Å². The average Bonchev–Trinajstić information content (AvgIpc) is 2.50. The van der Waals surface area contributed by atoms with Crippen molar-refractivity contribution in [3.8, 4) is 0 Å². The predicted molar refractivity (Wildman–Crippen MR) is 92.8 cm³/mol. The molecule has 0 heterocycles. The van der Waals surface area contributed by atoms with Gasteiger partial charge in [0.05, 0.1) is 0 Å². The number of benzene rings is 2. The smallest absolute Gasteiger partial charge is 0.0334 e. The molecule has 0 fully saturated rings. The first kappa shape index (κ1) is 14.1. The van der Waals surface area contributed by atoms with E-state index < -0.39 is 0 Å². The maximum atomic E-state index is 2.41. The van der Waals surface area contributed by atoms with Gasteiger partial charge in [0.25, 0.3) is 0 Å². The fraction of sp³-hybridized carbons (Fsp3) is 0.333. The first-order valence-electron chi connectivity index (χ1n) is 7.03. The highest BCUT2D eigenvalue weighted by Crippen LogP contribution is 2.36. The first-order chi connectivity index (χ1) is 9.80. The van der Waals surface area contributed by atoms with E-state index >= 15 is 0 Å². The Morgan fingerprint density at radius 1 is 0.750 bits per heavy atom. The lowest BCUT2D eigenvalue weighted by atomic mass is 9.94. The molecule has 3 rings (SSSR count). The summed E-state index contributed by atoms with van der Waals surface area (Å²) in [6, 6.07) is 18.4. The van der Waals surface area contributed by atoms with Crippen LogP contribution in [0, 0.1) is 0 Å².